The van der Waals surface area contributed by atoms with E-state index in [1.54, 1.807) is 0 Å². The van der Waals surface area contributed by atoms with E-state index in [1.165, 1.54) is 48.9 Å². The maximum Gasteiger partial charge on any atom is 0.0621 e. The molecule has 6 rings (SSSR count). The van der Waals surface area contributed by atoms with Gasteiger partial charge in [0, 0.05) is 26.6 Å². The van der Waals surface area contributed by atoms with Crippen LogP contribution in [0.3, 0.4) is 0 Å². The van der Waals surface area contributed by atoms with Crippen LogP contribution in [0.2, 0.25) is 5.02 Å². The van der Waals surface area contributed by atoms with Gasteiger partial charge in [-0.25, -0.2) is 0 Å². The molecule has 0 N–H and O–H groups in total. The zero-order valence-electron chi connectivity index (χ0n) is 12.8. The van der Waals surface area contributed by atoms with Gasteiger partial charge in [-0.05, 0) is 35.0 Å². The number of para-hydroxylation sites is 1. The smallest absolute Gasteiger partial charge is 0.0621 e. The summed E-state index contributed by atoms with van der Waals surface area (Å²) in [6.07, 6.45) is 0. The van der Waals surface area contributed by atoms with Crippen molar-refractivity contribution in [2.24, 2.45) is 0 Å². The molecular weight excluding hydrogens is 314 g/mol. The van der Waals surface area contributed by atoms with Crippen LogP contribution in [-0.4, -0.2) is 4.40 Å². The first kappa shape index (κ1) is 12.6. The zero-order valence-corrected chi connectivity index (χ0v) is 13.5. The van der Waals surface area contributed by atoms with Crippen molar-refractivity contribution >= 4 is 60.5 Å². The molecule has 2 heteroatoms. The number of benzene rings is 4. The van der Waals surface area contributed by atoms with Crippen molar-refractivity contribution in [3.05, 3.63) is 77.8 Å². The average Bonchev–Trinajstić information content (AvgIpc) is 2.94. The van der Waals surface area contributed by atoms with Crippen molar-refractivity contribution in [2.75, 3.05) is 0 Å². The molecule has 0 radical (unpaired) electrons. The summed E-state index contributed by atoms with van der Waals surface area (Å²) < 4.78 is 2.39. The molecule has 0 aliphatic carbocycles. The van der Waals surface area contributed by atoms with Gasteiger partial charge in [0.05, 0.1) is 16.6 Å². The van der Waals surface area contributed by atoms with E-state index in [-0.39, 0.29) is 0 Å². The van der Waals surface area contributed by atoms with Gasteiger partial charge in [-0.15, -0.1) is 0 Å². The van der Waals surface area contributed by atoms with Gasteiger partial charge in [-0.1, -0.05) is 60.1 Å². The molecule has 0 saturated carbocycles. The number of fused-ring (bicyclic) bond motifs is 5. The molecule has 2 aromatic heterocycles. The molecule has 0 bridgehead atoms. The highest BCUT2D eigenvalue weighted by Gasteiger charge is 2.17. The summed E-state index contributed by atoms with van der Waals surface area (Å²) >= 11 is 6.49. The summed E-state index contributed by atoms with van der Waals surface area (Å²) in [5, 5.41) is 8.32. The molecule has 112 valence electrons. The number of rotatable bonds is 0. The molecular formula is C22H12ClN. The SMILES string of the molecule is Clc1cc2c3cccc4cccc(c43)n3c4ccccc4c(c1)c23. The molecule has 0 aliphatic heterocycles. The second-order valence-corrected chi connectivity index (χ2v) is 6.82. The first-order chi connectivity index (χ1) is 11.8. The second-order valence-electron chi connectivity index (χ2n) is 6.38. The fraction of sp³-hybridized carbons (Fsp3) is 0. The van der Waals surface area contributed by atoms with Crippen molar-refractivity contribution in [1.29, 1.82) is 0 Å². The van der Waals surface area contributed by atoms with Gasteiger partial charge in [0.25, 0.3) is 0 Å². The Kier molecular flexibility index (Phi) is 2.21. The van der Waals surface area contributed by atoms with Gasteiger partial charge >= 0.3 is 0 Å². The Balaban J connectivity index is 2.16. The minimum atomic E-state index is 0.789. The van der Waals surface area contributed by atoms with Gasteiger partial charge in [0.2, 0.25) is 0 Å². The van der Waals surface area contributed by atoms with Crippen LogP contribution in [-0.2, 0) is 0 Å². The predicted molar refractivity (Wildman–Crippen MR) is 104 cm³/mol. The molecule has 0 atom stereocenters. The summed E-state index contributed by atoms with van der Waals surface area (Å²) in [5.74, 6) is 0. The maximum atomic E-state index is 6.49. The van der Waals surface area contributed by atoms with Gasteiger partial charge in [-0.2, -0.15) is 0 Å². The van der Waals surface area contributed by atoms with E-state index in [9.17, 15) is 0 Å². The Labute approximate surface area is 143 Å². The zero-order chi connectivity index (χ0) is 15.8. The minimum Gasteiger partial charge on any atom is -0.308 e. The van der Waals surface area contributed by atoms with E-state index in [1.807, 2.05) is 0 Å². The molecule has 24 heavy (non-hydrogen) atoms. The van der Waals surface area contributed by atoms with Crippen molar-refractivity contribution in [1.82, 2.24) is 4.40 Å². The van der Waals surface area contributed by atoms with Crippen LogP contribution in [0.5, 0.6) is 0 Å². The first-order valence-corrected chi connectivity index (χ1v) is 8.46. The Morgan fingerprint density at radius 3 is 2.17 bits per heavy atom. The Bertz CT molecular complexity index is 1400. The molecule has 0 fully saturated rings. The third-order valence-corrected chi connectivity index (χ3v) is 5.37. The van der Waals surface area contributed by atoms with E-state index in [4.69, 9.17) is 11.6 Å². The summed E-state index contributed by atoms with van der Waals surface area (Å²) in [5.41, 5.74) is 3.74. The highest BCUT2D eigenvalue weighted by Crippen LogP contribution is 2.41. The van der Waals surface area contributed by atoms with Gasteiger partial charge in [-0.3, -0.25) is 0 Å². The standard InChI is InChI=1S/C22H12ClN/c23-14-11-17-15-7-1-2-9-19(15)24-20-10-4-6-13-5-3-8-16(21(13)20)18(12-14)22(17)24/h1-12H. The van der Waals surface area contributed by atoms with Crippen LogP contribution in [0, 0.1) is 0 Å². The molecule has 1 nitrogen and oxygen atoms in total. The molecule has 0 aliphatic rings. The van der Waals surface area contributed by atoms with Crippen molar-refractivity contribution in [3.63, 3.8) is 0 Å². The third kappa shape index (κ3) is 1.37. The van der Waals surface area contributed by atoms with Crippen LogP contribution >= 0.6 is 11.6 Å². The van der Waals surface area contributed by atoms with Crippen molar-refractivity contribution in [3.8, 4) is 0 Å². The second kappa shape index (κ2) is 4.19. The molecule has 0 amide bonds. The van der Waals surface area contributed by atoms with Gasteiger partial charge < -0.3 is 4.40 Å². The molecule has 0 saturated heterocycles. The van der Waals surface area contributed by atoms with E-state index in [0.717, 1.165) is 5.02 Å². The monoisotopic (exact) mass is 325 g/mol. The van der Waals surface area contributed by atoms with Crippen LogP contribution in [0.25, 0.3) is 48.9 Å². The number of aromatic nitrogens is 1. The van der Waals surface area contributed by atoms with Gasteiger partial charge in [0.1, 0.15) is 0 Å². The minimum absolute atomic E-state index is 0.789. The Hall–Kier alpha value is -2.77. The predicted octanol–water partition coefficient (Wildman–Crippen LogP) is 6.64. The molecule has 6 aromatic rings. The normalized spacial score (nSPS) is 12.4. The number of pyridine rings is 1. The van der Waals surface area contributed by atoms with Crippen LogP contribution in [0.15, 0.2) is 72.8 Å². The highest BCUT2D eigenvalue weighted by molar-refractivity contribution is 6.35. The Morgan fingerprint density at radius 2 is 1.29 bits per heavy atom. The lowest BCUT2D eigenvalue weighted by Gasteiger charge is -2.13. The number of nitrogens with zero attached hydrogens (tertiary/aromatic N) is 1. The average molecular weight is 326 g/mol. The lowest BCUT2D eigenvalue weighted by molar-refractivity contribution is 1.35. The van der Waals surface area contributed by atoms with Crippen molar-refractivity contribution in [2.45, 2.75) is 0 Å². The highest BCUT2D eigenvalue weighted by atomic mass is 35.5. The molecule has 0 spiro atoms. The van der Waals surface area contributed by atoms with Gasteiger partial charge in [0.15, 0.2) is 0 Å². The van der Waals surface area contributed by atoms with E-state index in [2.05, 4.69) is 77.2 Å². The Morgan fingerprint density at radius 1 is 0.625 bits per heavy atom. The third-order valence-electron chi connectivity index (χ3n) is 5.15. The molecule has 2 heterocycles. The quantitative estimate of drug-likeness (QED) is 0.218. The topological polar surface area (TPSA) is 4.41 Å². The maximum absolute atomic E-state index is 6.49. The number of hydrogen-bond donors (Lipinski definition) is 0. The summed E-state index contributed by atoms with van der Waals surface area (Å²) in [4.78, 5) is 0. The largest absolute Gasteiger partial charge is 0.308 e. The lowest BCUT2D eigenvalue weighted by Crippen LogP contribution is -1.92. The summed E-state index contributed by atoms with van der Waals surface area (Å²) in [6.45, 7) is 0. The van der Waals surface area contributed by atoms with Crippen LogP contribution < -0.4 is 0 Å². The van der Waals surface area contributed by atoms with E-state index in [0.29, 0.717) is 0 Å². The fourth-order valence-electron chi connectivity index (χ4n) is 4.25. The fourth-order valence-corrected chi connectivity index (χ4v) is 4.47. The molecule has 4 aromatic carbocycles. The van der Waals surface area contributed by atoms with Crippen LogP contribution in [0.4, 0.5) is 0 Å². The summed E-state index contributed by atoms with van der Waals surface area (Å²) in [6, 6.07) is 25.8. The number of hydrogen-bond acceptors (Lipinski definition) is 0. The van der Waals surface area contributed by atoms with Crippen LogP contribution in [0.1, 0.15) is 0 Å². The summed E-state index contributed by atoms with van der Waals surface area (Å²) in [7, 11) is 0. The first-order valence-electron chi connectivity index (χ1n) is 8.08. The van der Waals surface area contributed by atoms with E-state index < -0.39 is 0 Å². The number of halogens is 1. The lowest BCUT2D eigenvalue weighted by atomic mass is 9.99. The molecule has 0 unspecified atom stereocenters. The van der Waals surface area contributed by atoms with Crippen molar-refractivity contribution < 1.29 is 0 Å². The van der Waals surface area contributed by atoms with E-state index >= 15 is 0 Å².